The van der Waals surface area contributed by atoms with Gasteiger partial charge in [-0.1, -0.05) is 6.92 Å². The number of aryl methyl sites for hydroxylation is 1. The highest BCUT2D eigenvalue weighted by Crippen LogP contribution is 2.25. The van der Waals surface area contributed by atoms with Gasteiger partial charge in [0, 0.05) is 36.1 Å². The number of carbonyl (C=O) groups excluding carboxylic acids is 1. The Bertz CT molecular complexity index is 886. The van der Waals surface area contributed by atoms with Crippen molar-refractivity contribution in [1.29, 1.82) is 0 Å². The van der Waals surface area contributed by atoms with E-state index in [0.717, 1.165) is 17.3 Å². The fourth-order valence-corrected chi connectivity index (χ4v) is 2.98. The van der Waals surface area contributed by atoms with Gasteiger partial charge in [0.25, 0.3) is 0 Å². The molecule has 2 heterocycles. The van der Waals surface area contributed by atoms with Crippen LogP contribution in [0.4, 0.5) is 8.78 Å². The summed E-state index contributed by atoms with van der Waals surface area (Å²) in [5.41, 5.74) is 1.89. The smallest absolute Gasteiger partial charge is 0.224 e. The molecule has 1 atom stereocenters. The predicted molar refractivity (Wildman–Crippen MR) is 91.1 cm³/mol. The Morgan fingerprint density at radius 1 is 1.40 bits per heavy atom. The maximum atomic E-state index is 13.8. The highest BCUT2D eigenvalue weighted by molar-refractivity contribution is 5.85. The van der Waals surface area contributed by atoms with Crippen molar-refractivity contribution in [2.45, 2.75) is 26.8 Å². The SMILES string of the molecule is Cc1[nH]c2c(F)cc(F)cc2c1CCNC(=O)C(C)Cn1cccn1. The zero-order chi connectivity index (χ0) is 18.0. The van der Waals surface area contributed by atoms with Crippen LogP contribution in [0.2, 0.25) is 0 Å². The third-order valence-electron chi connectivity index (χ3n) is 4.29. The van der Waals surface area contributed by atoms with Gasteiger partial charge < -0.3 is 10.3 Å². The van der Waals surface area contributed by atoms with Crippen molar-refractivity contribution in [2.24, 2.45) is 5.92 Å². The minimum Gasteiger partial charge on any atom is -0.356 e. The molecule has 3 rings (SSSR count). The van der Waals surface area contributed by atoms with Gasteiger partial charge in [-0.3, -0.25) is 9.48 Å². The van der Waals surface area contributed by atoms with Gasteiger partial charge in [0.05, 0.1) is 18.0 Å². The van der Waals surface area contributed by atoms with Crippen LogP contribution in [0.15, 0.2) is 30.6 Å². The van der Waals surface area contributed by atoms with E-state index in [2.05, 4.69) is 15.4 Å². The van der Waals surface area contributed by atoms with Crippen LogP contribution >= 0.6 is 0 Å². The number of rotatable bonds is 6. The van der Waals surface area contributed by atoms with Crippen LogP contribution in [-0.2, 0) is 17.8 Å². The predicted octanol–water partition coefficient (Wildman–Crippen LogP) is 2.95. The summed E-state index contributed by atoms with van der Waals surface area (Å²) < 4.78 is 29.0. The number of aromatic nitrogens is 3. The molecule has 0 aliphatic heterocycles. The number of aromatic amines is 1. The van der Waals surface area contributed by atoms with Crippen LogP contribution in [-0.4, -0.2) is 27.2 Å². The Balaban J connectivity index is 1.63. The summed E-state index contributed by atoms with van der Waals surface area (Å²) in [6, 6.07) is 3.99. The van der Waals surface area contributed by atoms with Gasteiger partial charge in [-0.05, 0) is 31.0 Å². The summed E-state index contributed by atoms with van der Waals surface area (Å²) in [5.74, 6) is -1.52. The van der Waals surface area contributed by atoms with Gasteiger partial charge in [0.15, 0.2) is 0 Å². The summed E-state index contributed by atoms with van der Waals surface area (Å²) in [7, 11) is 0. The molecule has 0 aliphatic carbocycles. The first-order chi connectivity index (χ1) is 12.0. The fraction of sp³-hybridized carbons (Fsp3) is 0.333. The van der Waals surface area contributed by atoms with Crippen LogP contribution in [0.25, 0.3) is 10.9 Å². The minimum atomic E-state index is -0.610. The second kappa shape index (κ2) is 7.04. The quantitative estimate of drug-likeness (QED) is 0.721. The lowest BCUT2D eigenvalue weighted by atomic mass is 10.1. The molecule has 7 heteroatoms. The molecule has 2 aromatic heterocycles. The molecule has 25 heavy (non-hydrogen) atoms. The number of hydrogen-bond acceptors (Lipinski definition) is 2. The maximum absolute atomic E-state index is 13.8. The van der Waals surface area contributed by atoms with E-state index in [1.165, 1.54) is 6.07 Å². The first-order valence-corrected chi connectivity index (χ1v) is 8.17. The van der Waals surface area contributed by atoms with E-state index in [0.29, 0.717) is 30.4 Å². The number of nitrogens with zero attached hydrogens (tertiary/aromatic N) is 2. The third-order valence-corrected chi connectivity index (χ3v) is 4.29. The molecule has 5 nitrogen and oxygen atoms in total. The Labute approximate surface area is 144 Å². The highest BCUT2D eigenvalue weighted by Gasteiger charge is 2.16. The summed E-state index contributed by atoms with van der Waals surface area (Å²) in [6.07, 6.45) is 3.97. The van der Waals surface area contributed by atoms with E-state index < -0.39 is 11.6 Å². The van der Waals surface area contributed by atoms with Crippen molar-refractivity contribution in [3.63, 3.8) is 0 Å². The van der Waals surface area contributed by atoms with E-state index >= 15 is 0 Å². The average Bonchev–Trinajstić information content (AvgIpc) is 3.16. The van der Waals surface area contributed by atoms with E-state index in [1.54, 1.807) is 10.9 Å². The zero-order valence-electron chi connectivity index (χ0n) is 14.1. The van der Waals surface area contributed by atoms with Crippen LogP contribution in [0.1, 0.15) is 18.2 Å². The Morgan fingerprint density at radius 2 is 2.20 bits per heavy atom. The number of benzene rings is 1. The minimum absolute atomic E-state index is 0.0784. The molecule has 2 N–H and O–H groups in total. The monoisotopic (exact) mass is 346 g/mol. The first-order valence-electron chi connectivity index (χ1n) is 8.17. The molecule has 0 spiro atoms. The van der Waals surface area contributed by atoms with Gasteiger partial charge >= 0.3 is 0 Å². The van der Waals surface area contributed by atoms with Crippen LogP contribution < -0.4 is 5.32 Å². The molecule has 0 radical (unpaired) electrons. The van der Waals surface area contributed by atoms with E-state index in [1.807, 2.05) is 26.1 Å². The van der Waals surface area contributed by atoms with Gasteiger partial charge in [-0.15, -0.1) is 0 Å². The van der Waals surface area contributed by atoms with Gasteiger partial charge in [0.1, 0.15) is 11.6 Å². The second-order valence-electron chi connectivity index (χ2n) is 6.21. The first kappa shape index (κ1) is 17.1. The van der Waals surface area contributed by atoms with Crippen molar-refractivity contribution >= 4 is 16.8 Å². The van der Waals surface area contributed by atoms with Crippen LogP contribution in [0, 0.1) is 24.5 Å². The molecular weight excluding hydrogens is 326 g/mol. The zero-order valence-corrected chi connectivity index (χ0v) is 14.1. The molecule has 0 bridgehead atoms. The number of H-pyrrole nitrogens is 1. The normalized spacial score (nSPS) is 12.5. The number of hydrogen-bond donors (Lipinski definition) is 2. The highest BCUT2D eigenvalue weighted by atomic mass is 19.1. The van der Waals surface area contributed by atoms with Gasteiger partial charge in [-0.2, -0.15) is 5.10 Å². The van der Waals surface area contributed by atoms with Crippen LogP contribution in [0.3, 0.4) is 0 Å². The van der Waals surface area contributed by atoms with E-state index in [9.17, 15) is 13.6 Å². The maximum Gasteiger partial charge on any atom is 0.224 e. The molecule has 1 aromatic carbocycles. The summed E-state index contributed by atoms with van der Waals surface area (Å²) in [5, 5.41) is 7.48. The summed E-state index contributed by atoms with van der Waals surface area (Å²) in [4.78, 5) is 15.1. The van der Waals surface area contributed by atoms with Crippen molar-refractivity contribution in [1.82, 2.24) is 20.1 Å². The molecule has 132 valence electrons. The number of halogens is 2. The third kappa shape index (κ3) is 3.70. The molecule has 3 aromatic rings. The van der Waals surface area contributed by atoms with Crippen molar-refractivity contribution in [3.05, 3.63) is 53.5 Å². The van der Waals surface area contributed by atoms with Crippen molar-refractivity contribution in [2.75, 3.05) is 6.54 Å². The Hall–Kier alpha value is -2.70. The summed E-state index contributed by atoms with van der Waals surface area (Å²) >= 11 is 0. The van der Waals surface area contributed by atoms with Gasteiger partial charge in [0.2, 0.25) is 5.91 Å². The molecular formula is C18H20F2N4O. The van der Waals surface area contributed by atoms with Crippen molar-refractivity contribution < 1.29 is 13.6 Å². The Morgan fingerprint density at radius 3 is 2.92 bits per heavy atom. The lowest BCUT2D eigenvalue weighted by Crippen LogP contribution is -2.33. The van der Waals surface area contributed by atoms with Gasteiger partial charge in [-0.25, -0.2) is 8.78 Å². The van der Waals surface area contributed by atoms with Crippen molar-refractivity contribution in [3.8, 4) is 0 Å². The number of amides is 1. The average molecular weight is 346 g/mol. The topological polar surface area (TPSA) is 62.7 Å². The summed E-state index contributed by atoms with van der Waals surface area (Å²) in [6.45, 7) is 4.54. The molecule has 1 amide bonds. The number of carbonyl (C=O) groups is 1. The molecule has 0 saturated heterocycles. The lowest BCUT2D eigenvalue weighted by molar-refractivity contribution is -0.124. The van der Waals surface area contributed by atoms with E-state index in [-0.39, 0.29) is 11.8 Å². The molecule has 0 fully saturated rings. The molecule has 1 unspecified atom stereocenters. The molecule has 0 saturated carbocycles. The number of fused-ring (bicyclic) bond motifs is 1. The van der Waals surface area contributed by atoms with E-state index in [4.69, 9.17) is 0 Å². The standard InChI is InChI=1S/C18H20F2N4O/c1-11(10-24-7-3-5-22-24)18(25)21-6-4-14-12(2)23-17-15(14)8-13(19)9-16(17)20/h3,5,7-9,11,23H,4,6,10H2,1-2H3,(H,21,25). The molecule has 0 aliphatic rings. The number of nitrogens with one attached hydrogen (secondary N) is 2. The second-order valence-corrected chi connectivity index (χ2v) is 6.21. The largest absolute Gasteiger partial charge is 0.356 e. The van der Waals surface area contributed by atoms with Crippen LogP contribution in [0.5, 0.6) is 0 Å². The fourth-order valence-electron chi connectivity index (χ4n) is 2.98. The lowest BCUT2D eigenvalue weighted by Gasteiger charge is -2.12. The Kier molecular flexibility index (Phi) is 4.83.